The van der Waals surface area contributed by atoms with Gasteiger partial charge in [-0.05, 0) is 43.2 Å². The minimum Gasteiger partial charge on any atom is -0.352 e. The number of nitrogens with one attached hydrogen (secondary N) is 1. The predicted molar refractivity (Wildman–Crippen MR) is 80.3 cm³/mol. The van der Waals surface area contributed by atoms with Crippen molar-refractivity contribution in [3.63, 3.8) is 0 Å². The van der Waals surface area contributed by atoms with Gasteiger partial charge in [-0.2, -0.15) is 0 Å². The van der Waals surface area contributed by atoms with Crippen LogP contribution < -0.4 is 11.1 Å². The quantitative estimate of drug-likeness (QED) is 0.867. The molecule has 3 atom stereocenters. The molecule has 3 nitrogen and oxygen atoms in total. The molecule has 3 heteroatoms. The van der Waals surface area contributed by atoms with Gasteiger partial charge in [-0.25, -0.2) is 0 Å². The Balaban J connectivity index is 1.61. The number of carbonyl (C=O) groups is 1. The van der Waals surface area contributed by atoms with E-state index in [1.807, 2.05) is 0 Å². The van der Waals surface area contributed by atoms with Crippen LogP contribution in [0, 0.1) is 5.92 Å². The second-order valence-electron chi connectivity index (χ2n) is 6.27. The molecular weight excluding hydrogens is 248 g/mol. The van der Waals surface area contributed by atoms with E-state index >= 15 is 0 Å². The van der Waals surface area contributed by atoms with Gasteiger partial charge in [-0.15, -0.1) is 0 Å². The molecule has 1 amide bonds. The molecule has 0 radical (unpaired) electrons. The maximum atomic E-state index is 12.5. The number of hydrogen-bond donors (Lipinski definition) is 2. The zero-order valence-electron chi connectivity index (χ0n) is 12.0. The highest BCUT2D eigenvalue weighted by atomic mass is 16.1. The van der Waals surface area contributed by atoms with E-state index in [0.717, 1.165) is 32.1 Å². The van der Waals surface area contributed by atoms with Crippen molar-refractivity contribution in [1.29, 1.82) is 0 Å². The monoisotopic (exact) mass is 272 g/mol. The first-order valence-electron chi connectivity index (χ1n) is 7.87. The number of hydrogen-bond acceptors (Lipinski definition) is 2. The molecule has 1 unspecified atom stereocenters. The van der Waals surface area contributed by atoms with Gasteiger partial charge in [0.25, 0.3) is 0 Å². The van der Waals surface area contributed by atoms with Crippen molar-refractivity contribution in [2.75, 3.05) is 0 Å². The topological polar surface area (TPSA) is 55.1 Å². The zero-order chi connectivity index (χ0) is 13.9. The lowest BCUT2D eigenvalue weighted by atomic mass is 9.83. The molecule has 1 fully saturated rings. The lowest BCUT2D eigenvalue weighted by molar-refractivity contribution is -0.126. The summed E-state index contributed by atoms with van der Waals surface area (Å²) in [5.74, 6) is 0.334. The van der Waals surface area contributed by atoms with Crippen LogP contribution in [0.5, 0.6) is 0 Å². The molecule has 0 saturated heterocycles. The molecule has 2 aliphatic carbocycles. The molecule has 108 valence electrons. The Morgan fingerprint density at radius 2 is 1.85 bits per heavy atom. The first kappa shape index (κ1) is 13.6. The first-order valence-corrected chi connectivity index (χ1v) is 7.87. The third-order valence-corrected chi connectivity index (χ3v) is 4.86. The molecule has 3 rings (SSSR count). The number of benzene rings is 1. The summed E-state index contributed by atoms with van der Waals surface area (Å²) in [5.41, 5.74) is 8.87. The lowest BCUT2D eigenvalue weighted by Gasteiger charge is -2.32. The van der Waals surface area contributed by atoms with Gasteiger partial charge < -0.3 is 11.1 Å². The molecule has 1 saturated carbocycles. The van der Waals surface area contributed by atoms with Gasteiger partial charge >= 0.3 is 0 Å². The van der Waals surface area contributed by atoms with Crippen molar-refractivity contribution in [1.82, 2.24) is 5.32 Å². The molecule has 1 aromatic rings. The smallest absolute Gasteiger partial charge is 0.223 e. The SMILES string of the molecule is N[C@@H]1CCCC[C@H]1NC(=O)C1CCc2ccccc2C1. The summed E-state index contributed by atoms with van der Waals surface area (Å²) < 4.78 is 0. The van der Waals surface area contributed by atoms with E-state index in [0.29, 0.717) is 0 Å². The molecular formula is C17H24N2O. The summed E-state index contributed by atoms with van der Waals surface area (Å²) in [4.78, 5) is 12.5. The number of nitrogens with two attached hydrogens (primary N) is 1. The summed E-state index contributed by atoms with van der Waals surface area (Å²) in [6.07, 6.45) is 7.32. The number of aryl methyl sites for hydroxylation is 1. The van der Waals surface area contributed by atoms with Gasteiger partial charge in [0.15, 0.2) is 0 Å². The highest BCUT2D eigenvalue weighted by Gasteiger charge is 2.28. The third-order valence-electron chi connectivity index (χ3n) is 4.86. The largest absolute Gasteiger partial charge is 0.352 e. The Labute approximate surface area is 120 Å². The van der Waals surface area contributed by atoms with E-state index in [9.17, 15) is 4.79 Å². The summed E-state index contributed by atoms with van der Waals surface area (Å²) in [5, 5.41) is 3.21. The highest BCUT2D eigenvalue weighted by Crippen LogP contribution is 2.26. The van der Waals surface area contributed by atoms with Crippen LogP contribution in [-0.2, 0) is 17.6 Å². The molecule has 0 aliphatic heterocycles. The standard InChI is InChI=1S/C17H24N2O/c18-15-7-3-4-8-16(15)19-17(20)14-10-9-12-5-1-2-6-13(12)11-14/h1-2,5-6,14-16H,3-4,7-11,18H2,(H,19,20)/t14?,15-,16-/m1/s1. The Bertz CT molecular complexity index is 486. The van der Waals surface area contributed by atoms with Gasteiger partial charge in [0.2, 0.25) is 5.91 Å². The van der Waals surface area contributed by atoms with E-state index in [4.69, 9.17) is 5.73 Å². The van der Waals surface area contributed by atoms with Crippen molar-refractivity contribution >= 4 is 5.91 Å². The fourth-order valence-electron chi connectivity index (χ4n) is 3.56. The molecule has 1 aromatic carbocycles. The normalized spacial score (nSPS) is 29.6. The summed E-state index contributed by atoms with van der Waals surface area (Å²) in [7, 11) is 0. The Morgan fingerprint density at radius 1 is 1.10 bits per heavy atom. The second kappa shape index (κ2) is 5.96. The fraction of sp³-hybridized carbons (Fsp3) is 0.588. The van der Waals surface area contributed by atoms with Crippen LogP contribution in [0.25, 0.3) is 0 Å². The summed E-state index contributed by atoms with van der Waals surface area (Å²) >= 11 is 0. The molecule has 3 N–H and O–H groups in total. The Morgan fingerprint density at radius 3 is 2.65 bits per heavy atom. The van der Waals surface area contributed by atoms with Gasteiger partial charge in [0.05, 0.1) is 0 Å². The van der Waals surface area contributed by atoms with Crippen molar-refractivity contribution in [2.45, 2.75) is 57.0 Å². The molecule has 0 spiro atoms. The second-order valence-corrected chi connectivity index (χ2v) is 6.27. The lowest BCUT2D eigenvalue weighted by Crippen LogP contribution is -2.51. The van der Waals surface area contributed by atoms with Crippen LogP contribution in [0.1, 0.15) is 43.2 Å². The number of carbonyl (C=O) groups excluding carboxylic acids is 1. The number of rotatable bonds is 2. The molecule has 0 bridgehead atoms. The Hall–Kier alpha value is -1.35. The minimum absolute atomic E-state index is 0.124. The fourth-order valence-corrected chi connectivity index (χ4v) is 3.56. The van der Waals surface area contributed by atoms with Crippen molar-refractivity contribution in [3.8, 4) is 0 Å². The number of amides is 1. The average molecular weight is 272 g/mol. The van der Waals surface area contributed by atoms with Crippen LogP contribution in [0.15, 0.2) is 24.3 Å². The van der Waals surface area contributed by atoms with Crippen LogP contribution in [0.3, 0.4) is 0 Å². The molecule has 0 heterocycles. The highest BCUT2D eigenvalue weighted by molar-refractivity contribution is 5.79. The molecule has 0 aromatic heterocycles. The third kappa shape index (κ3) is 2.88. The Kier molecular flexibility index (Phi) is 4.06. The van der Waals surface area contributed by atoms with Crippen LogP contribution in [-0.4, -0.2) is 18.0 Å². The van der Waals surface area contributed by atoms with E-state index in [1.54, 1.807) is 0 Å². The number of fused-ring (bicyclic) bond motifs is 1. The van der Waals surface area contributed by atoms with Crippen molar-refractivity contribution in [3.05, 3.63) is 35.4 Å². The van der Waals surface area contributed by atoms with Gasteiger partial charge in [-0.1, -0.05) is 37.1 Å². The van der Waals surface area contributed by atoms with Crippen LogP contribution >= 0.6 is 0 Å². The first-order chi connectivity index (χ1) is 9.74. The van der Waals surface area contributed by atoms with Gasteiger partial charge in [0.1, 0.15) is 0 Å². The van der Waals surface area contributed by atoms with E-state index < -0.39 is 0 Å². The van der Waals surface area contributed by atoms with E-state index in [-0.39, 0.29) is 23.9 Å². The predicted octanol–water partition coefficient (Wildman–Crippen LogP) is 2.18. The zero-order valence-corrected chi connectivity index (χ0v) is 12.0. The van der Waals surface area contributed by atoms with Gasteiger partial charge in [-0.3, -0.25) is 4.79 Å². The van der Waals surface area contributed by atoms with Crippen molar-refractivity contribution in [2.24, 2.45) is 11.7 Å². The van der Waals surface area contributed by atoms with Crippen LogP contribution in [0.4, 0.5) is 0 Å². The van der Waals surface area contributed by atoms with Crippen LogP contribution in [0.2, 0.25) is 0 Å². The van der Waals surface area contributed by atoms with Gasteiger partial charge in [0, 0.05) is 18.0 Å². The van der Waals surface area contributed by atoms with Crippen molar-refractivity contribution < 1.29 is 4.79 Å². The molecule has 20 heavy (non-hydrogen) atoms. The van der Waals surface area contributed by atoms with E-state index in [2.05, 4.69) is 29.6 Å². The average Bonchev–Trinajstić information content (AvgIpc) is 2.49. The summed E-state index contributed by atoms with van der Waals surface area (Å²) in [6.45, 7) is 0. The maximum absolute atomic E-state index is 12.5. The maximum Gasteiger partial charge on any atom is 0.223 e. The molecule has 2 aliphatic rings. The summed E-state index contributed by atoms with van der Waals surface area (Å²) in [6, 6.07) is 8.81. The van der Waals surface area contributed by atoms with E-state index in [1.165, 1.54) is 24.0 Å². The minimum atomic E-state index is 0.124.